The molecule has 1 N–H and O–H groups in total. The molecule has 0 aliphatic heterocycles. The number of rotatable bonds is 8. The summed E-state index contributed by atoms with van der Waals surface area (Å²) in [5, 5.41) is 12.8. The van der Waals surface area contributed by atoms with Crippen LogP contribution in [-0.4, -0.2) is 26.4 Å². The van der Waals surface area contributed by atoms with E-state index in [4.69, 9.17) is 16.3 Å². The van der Waals surface area contributed by atoms with Crippen LogP contribution in [0.2, 0.25) is 5.02 Å². The highest BCUT2D eigenvalue weighted by Gasteiger charge is 2.19. The van der Waals surface area contributed by atoms with Gasteiger partial charge in [0.15, 0.2) is 17.1 Å². The quantitative estimate of drug-likeness (QED) is 0.501. The molecule has 0 saturated carbocycles. The Morgan fingerprint density at radius 2 is 1.93 bits per heavy atom. The van der Waals surface area contributed by atoms with E-state index in [-0.39, 0.29) is 23.8 Å². The van der Waals surface area contributed by atoms with E-state index in [0.717, 1.165) is 16.9 Å². The molecule has 3 rings (SSSR count). The van der Waals surface area contributed by atoms with Gasteiger partial charge in [-0.15, -0.1) is 10.2 Å². The third kappa shape index (κ3) is 5.55. The molecule has 1 aromatic heterocycles. The number of halogens is 1. The third-order valence-corrected chi connectivity index (χ3v) is 5.94. The van der Waals surface area contributed by atoms with Crippen molar-refractivity contribution in [3.8, 4) is 5.75 Å². The van der Waals surface area contributed by atoms with Crippen LogP contribution in [-0.2, 0) is 11.8 Å². The molecule has 0 spiro atoms. The number of amides is 1. The maximum absolute atomic E-state index is 12.3. The van der Waals surface area contributed by atoms with Gasteiger partial charge in [0.05, 0.1) is 11.8 Å². The van der Waals surface area contributed by atoms with Crippen LogP contribution in [0.25, 0.3) is 0 Å². The van der Waals surface area contributed by atoms with Gasteiger partial charge in [-0.25, -0.2) is 0 Å². The number of nitrogens with one attached hydrogen (secondary N) is 1. The second-order valence-corrected chi connectivity index (χ2v) is 8.44. The molecular formula is C22H25ClN4O2S. The van der Waals surface area contributed by atoms with Gasteiger partial charge < -0.3 is 14.6 Å². The summed E-state index contributed by atoms with van der Waals surface area (Å²) in [6, 6.07) is 15.3. The minimum Gasteiger partial charge on any atom is -0.482 e. The van der Waals surface area contributed by atoms with Gasteiger partial charge in [-0.3, -0.25) is 4.79 Å². The number of hydrogen-bond acceptors (Lipinski definition) is 5. The van der Waals surface area contributed by atoms with Gasteiger partial charge in [-0.2, -0.15) is 0 Å². The first-order chi connectivity index (χ1) is 14.3. The molecule has 0 aliphatic carbocycles. The van der Waals surface area contributed by atoms with Gasteiger partial charge in [0.2, 0.25) is 5.91 Å². The SMILES string of the molecule is Cc1cc(Cl)ccc1OC(C)c1nnc(SCC(=O)NC(C)c2ccccc2)n1C. The number of nitrogens with zero attached hydrogens (tertiary/aromatic N) is 3. The van der Waals surface area contributed by atoms with Crippen molar-refractivity contribution >= 4 is 29.3 Å². The second kappa shape index (κ2) is 10.00. The summed E-state index contributed by atoms with van der Waals surface area (Å²) < 4.78 is 7.89. The molecule has 1 heterocycles. The minimum atomic E-state index is -0.302. The molecule has 2 unspecified atom stereocenters. The summed E-state index contributed by atoms with van der Waals surface area (Å²) in [7, 11) is 1.87. The highest BCUT2D eigenvalue weighted by molar-refractivity contribution is 7.99. The fraction of sp³-hybridized carbons (Fsp3) is 0.318. The van der Waals surface area contributed by atoms with Crippen molar-refractivity contribution in [3.63, 3.8) is 0 Å². The highest BCUT2D eigenvalue weighted by Crippen LogP contribution is 2.27. The van der Waals surface area contributed by atoms with Gasteiger partial charge in [0, 0.05) is 12.1 Å². The van der Waals surface area contributed by atoms with Crippen molar-refractivity contribution < 1.29 is 9.53 Å². The number of hydrogen-bond donors (Lipinski definition) is 1. The largest absolute Gasteiger partial charge is 0.482 e. The van der Waals surface area contributed by atoms with E-state index in [1.165, 1.54) is 11.8 Å². The fourth-order valence-electron chi connectivity index (χ4n) is 3.03. The van der Waals surface area contributed by atoms with E-state index >= 15 is 0 Å². The van der Waals surface area contributed by atoms with Crippen molar-refractivity contribution in [3.05, 3.63) is 70.5 Å². The van der Waals surface area contributed by atoms with E-state index in [2.05, 4.69) is 15.5 Å². The Balaban J connectivity index is 1.57. The number of aromatic nitrogens is 3. The third-order valence-electron chi connectivity index (χ3n) is 4.68. The van der Waals surface area contributed by atoms with Crippen LogP contribution in [0, 0.1) is 6.92 Å². The average molecular weight is 445 g/mol. The molecule has 1 amide bonds. The molecule has 2 atom stereocenters. The molecule has 0 aliphatic rings. The van der Waals surface area contributed by atoms with Gasteiger partial charge in [-0.1, -0.05) is 53.7 Å². The van der Waals surface area contributed by atoms with Gasteiger partial charge in [0.1, 0.15) is 5.75 Å². The van der Waals surface area contributed by atoms with Crippen LogP contribution in [0.15, 0.2) is 53.7 Å². The van der Waals surface area contributed by atoms with Crippen LogP contribution in [0.1, 0.15) is 42.9 Å². The standard InChI is InChI=1S/C22H25ClN4O2S/c1-14-12-18(23)10-11-19(14)29-16(3)21-25-26-22(27(21)4)30-13-20(28)24-15(2)17-8-6-5-7-9-17/h5-12,15-16H,13H2,1-4H3,(H,24,28). The number of aryl methyl sites for hydroxylation is 1. The molecule has 0 radical (unpaired) electrons. The molecule has 0 fully saturated rings. The zero-order valence-electron chi connectivity index (χ0n) is 17.4. The smallest absolute Gasteiger partial charge is 0.230 e. The van der Waals surface area contributed by atoms with Crippen LogP contribution in [0.5, 0.6) is 5.75 Å². The lowest BCUT2D eigenvalue weighted by Gasteiger charge is -2.16. The number of carbonyl (C=O) groups is 1. The first kappa shape index (κ1) is 22.2. The molecule has 3 aromatic rings. The predicted molar refractivity (Wildman–Crippen MR) is 120 cm³/mol. The Bertz CT molecular complexity index is 1010. The normalized spacial score (nSPS) is 13.0. The Labute approximate surface area is 186 Å². The van der Waals surface area contributed by atoms with Crippen LogP contribution in [0.3, 0.4) is 0 Å². The maximum Gasteiger partial charge on any atom is 0.230 e. The summed E-state index contributed by atoms with van der Waals surface area (Å²) in [4.78, 5) is 12.3. The molecule has 0 bridgehead atoms. The summed E-state index contributed by atoms with van der Waals surface area (Å²) in [5.74, 6) is 1.64. The Kier molecular flexibility index (Phi) is 7.39. The second-order valence-electron chi connectivity index (χ2n) is 7.06. The van der Waals surface area contributed by atoms with Gasteiger partial charge in [0.25, 0.3) is 0 Å². The molecular weight excluding hydrogens is 420 g/mol. The minimum absolute atomic E-state index is 0.0506. The van der Waals surface area contributed by atoms with Gasteiger partial charge >= 0.3 is 0 Å². The van der Waals surface area contributed by atoms with E-state index in [9.17, 15) is 4.79 Å². The number of benzene rings is 2. The lowest BCUT2D eigenvalue weighted by Crippen LogP contribution is -2.28. The summed E-state index contributed by atoms with van der Waals surface area (Å²) in [6.07, 6.45) is -0.302. The zero-order valence-corrected chi connectivity index (χ0v) is 19.0. The fourth-order valence-corrected chi connectivity index (χ4v) is 3.99. The number of thioether (sulfide) groups is 1. The monoisotopic (exact) mass is 444 g/mol. The number of ether oxygens (including phenoxy) is 1. The lowest BCUT2D eigenvalue weighted by molar-refractivity contribution is -0.119. The molecule has 6 nitrogen and oxygen atoms in total. The number of carbonyl (C=O) groups excluding carboxylic acids is 1. The summed E-state index contributed by atoms with van der Waals surface area (Å²) >= 11 is 7.35. The lowest BCUT2D eigenvalue weighted by atomic mass is 10.1. The maximum atomic E-state index is 12.3. The van der Waals surface area contributed by atoms with Crippen molar-refractivity contribution in [2.75, 3.05) is 5.75 Å². The molecule has 2 aromatic carbocycles. The topological polar surface area (TPSA) is 69.0 Å². The van der Waals surface area contributed by atoms with E-state index in [1.54, 1.807) is 6.07 Å². The highest BCUT2D eigenvalue weighted by atomic mass is 35.5. The molecule has 0 saturated heterocycles. The predicted octanol–water partition coefficient (Wildman–Crippen LogP) is 4.89. The zero-order chi connectivity index (χ0) is 21.7. The summed E-state index contributed by atoms with van der Waals surface area (Å²) in [6.45, 7) is 5.83. The first-order valence-corrected chi connectivity index (χ1v) is 11.0. The first-order valence-electron chi connectivity index (χ1n) is 9.64. The summed E-state index contributed by atoms with van der Waals surface area (Å²) in [5.41, 5.74) is 2.02. The van der Waals surface area contributed by atoms with Crippen molar-refractivity contribution in [1.82, 2.24) is 20.1 Å². The van der Waals surface area contributed by atoms with Crippen molar-refractivity contribution in [2.45, 2.75) is 38.1 Å². The molecule has 158 valence electrons. The van der Waals surface area contributed by atoms with E-state index in [1.807, 2.05) is 74.9 Å². The Hall–Kier alpha value is -2.51. The van der Waals surface area contributed by atoms with Crippen LogP contribution in [0.4, 0.5) is 0 Å². The van der Waals surface area contributed by atoms with E-state index < -0.39 is 0 Å². The van der Waals surface area contributed by atoms with E-state index in [0.29, 0.717) is 16.0 Å². The Morgan fingerprint density at radius 3 is 2.63 bits per heavy atom. The van der Waals surface area contributed by atoms with Crippen molar-refractivity contribution in [2.24, 2.45) is 7.05 Å². The average Bonchev–Trinajstić information content (AvgIpc) is 3.09. The molecule has 30 heavy (non-hydrogen) atoms. The van der Waals surface area contributed by atoms with Crippen LogP contribution < -0.4 is 10.1 Å². The Morgan fingerprint density at radius 1 is 1.20 bits per heavy atom. The van der Waals surface area contributed by atoms with Crippen molar-refractivity contribution in [1.29, 1.82) is 0 Å². The molecule has 8 heteroatoms. The van der Waals surface area contributed by atoms with Crippen LogP contribution >= 0.6 is 23.4 Å². The van der Waals surface area contributed by atoms with Gasteiger partial charge in [-0.05, 0) is 50.1 Å².